The summed E-state index contributed by atoms with van der Waals surface area (Å²) in [6, 6.07) is 14.2. The predicted molar refractivity (Wildman–Crippen MR) is 118 cm³/mol. The maximum absolute atomic E-state index is 13.1. The summed E-state index contributed by atoms with van der Waals surface area (Å²) in [4.78, 5) is 29.6. The second-order valence-corrected chi connectivity index (χ2v) is 7.56. The molecule has 0 aliphatic carbocycles. The number of rotatable bonds is 6. The van der Waals surface area contributed by atoms with E-state index in [9.17, 15) is 9.59 Å². The summed E-state index contributed by atoms with van der Waals surface area (Å²) in [7, 11) is 3.21. The molecule has 0 fully saturated rings. The number of imidazole rings is 1. The number of benzene rings is 2. The number of hydrogen-bond donors (Lipinski definition) is 1. The highest BCUT2D eigenvalue weighted by molar-refractivity contribution is 6.30. The highest BCUT2D eigenvalue weighted by atomic mass is 35.5. The van der Waals surface area contributed by atoms with Crippen molar-refractivity contribution in [1.82, 2.24) is 19.4 Å². The number of nitrogens with one attached hydrogen (secondary N) is 1. The summed E-state index contributed by atoms with van der Waals surface area (Å²) in [5.41, 5.74) is 2.06. The number of para-hydroxylation sites is 1. The summed E-state index contributed by atoms with van der Waals surface area (Å²) in [6.45, 7) is 0.0338. The van der Waals surface area contributed by atoms with E-state index in [4.69, 9.17) is 16.3 Å². The fourth-order valence-electron chi connectivity index (χ4n) is 3.62. The number of nitrogens with zero attached hydrogens (tertiary/aromatic N) is 3. The van der Waals surface area contributed by atoms with Crippen molar-refractivity contribution >= 4 is 34.4 Å². The quantitative estimate of drug-likeness (QED) is 0.467. The number of esters is 1. The van der Waals surface area contributed by atoms with Gasteiger partial charge in [-0.3, -0.25) is 4.79 Å². The van der Waals surface area contributed by atoms with Gasteiger partial charge in [0.2, 0.25) is 5.91 Å². The van der Waals surface area contributed by atoms with Gasteiger partial charge < -0.3 is 19.2 Å². The molecule has 4 rings (SSSR count). The fourth-order valence-corrected chi connectivity index (χ4v) is 3.75. The van der Waals surface area contributed by atoms with E-state index in [2.05, 4.69) is 10.3 Å². The lowest BCUT2D eigenvalue weighted by Crippen LogP contribution is -2.33. The van der Waals surface area contributed by atoms with Gasteiger partial charge in [0.1, 0.15) is 18.4 Å². The number of aromatic nitrogens is 3. The van der Waals surface area contributed by atoms with Crippen molar-refractivity contribution in [3.63, 3.8) is 0 Å². The van der Waals surface area contributed by atoms with Crippen molar-refractivity contribution in [2.45, 2.75) is 12.6 Å². The summed E-state index contributed by atoms with van der Waals surface area (Å²) in [6.07, 6.45) is 5.16. The molecule has 0 aliphatic rings. The SMILES string of the molecule is COC(=O)c1cn(CC(=O)N[C@H](c2ccc(Cl)cc2)c2nccn2C)c2ccccc12. The molecule has 1 atom stereocenters. The molecule has 0 radical (unpaired) electrons. The van der Waals surface area contributed by atoms with Crippen LogP contribution in [-0.2, 0) is 23.1 Å². The lowest BCUT2D eigenvalue weighted by Gasteiger charge is -2.19. The second kappa shape index (κ2) is 8.65. The Morgan fingerprint density at radius 2 is 1.90 bits per heavy atom. The van der Waals surface area contributed by atoms with E-state index in [1.807, 2.05) is 54.2 Å². The number of aryl methyl sites for hydroxylation is 1. The molecule has 2 aromatic carbocycles. The van der Waals surface area contributed by atoms with Crippen LogP contribution in [0.3, 0.4) is 0 Å². The molecule has 0 spiro atoms. The van der Waals surface area contributed by atoms with Crippen LogP contribution in [0.15, 0.2) is 67.1 Å². The summed E-state index contributed by atoms with van der Waals surface area (Å²) < 4.78 is 8.49. The van der Waals surface area contributed by atoms with Crippen LogP contribution >= 0.6 is 11.6 Å². The third kappa shape index (κ3) is 4.18. The Hall–Kier alpha value is -3.58. The summed E-state index contributed by atoms with van der Waals surface area (Å²) >= 11 is 6.03. The molecule has 158 valence electrons. The molecule has 0 unspecified atom stereocenters. The molecule has 0 saturated heterocycles. The Bertz CT molecular complexity index is 1240. The Morgan fingerprint density at radius 3 is 2.58 bits per heavy atom. The molecule has 0 saturated carbocycles. The summed E-state index contributed by atoms with van der Waals surface area (Å²) in [5.74, 6) is 0.0332. The first kappa shape index (κ1) is 20.7. The molecule has 8 heteroatoms. The van der Waals surface area contributed by atoms with E-state index in [0.29, 0.717) is 16.4 Å². The number of carbonyl (C=O) groups is 2. The van der Waals surface area contributed by atoms with Crippen LogP contribution in [0.1, 0.15) is 27.8 Å². The van der Waals surface area contributed by atoms with Gasteiger partial charge in [-0.25, -0.2) is 9.78 Å². The monoisotopic (exact) mass is 436 g/mol. The van der Waals surface area contributed by atoms with Gasteiger partial charge in [0.05, 0.1) is 12.7 Å². The number of halogens is 1. The molecule has 7 nitrogen and oxygen atoms in total. The van der Waals surface area contributed by atoms with Gasteiger partial charge in [-0.15, -0.1) is 0 Å². The minimum Gasteiger partial charge on any atom is -0.465 e. The average molecular weight is 437 g/mol. The smallest absolute Gasteiger partial charge is 0.340 e. The highest BCUT2D eigenvalue weighted by Gasteiger charge is 2.22. The largest absolute Gasteiger partial charge is 0.465 e. The highest BCUT2D eigenvalue weighted by Crippen LogP contribution is 2.24. The molecule has 1 N–H and O–H groups in total. The Balaban J connectivity index is 1.64. The van der Waals surface area contributed by atoms with Crippen molar-refractivity contribution in [3.8, 4) is 0 Å². The van der Waals surface area contributed by atoms with Crippen molar-refractivity contribution in [2.24, 2.45) is 7.05 Å². The standard InChI is InChI=1S/C23H21ClN4O3/c1-27-12-11-25-22(27)21(15-7-9-16(24)10-8-15)26-20(29)14-28-13-18(23(30)31-2)17-5-3-4-6-19(17)28/h3-13,21H,14H2,1-2H3,(H,26,29)/t21-/m1/s1. The van der Waals surface area contributed by atoms with Gasteiger partial charge in [-0.1, -0.05) is 41.9 Å². The number of methoxy groups -OCH3 is 1. The van der Waals surface area contributed by atoms with Crippen LogP contribution < -0.4 is 5.32 Å². The Morgan fingerprint density at radius 1 is 1.16 bits per heavy atom. The molecule has 31 heavy (non-hydrogen) atoms. The van der Waals surface area contributed by atoms with Crippen LogP contribution in [-0.4, -0.2) is 33.1 Å². The Kier molecular flexibility index (Phi) is 5.77. The number of fused-ring (bicyclic) bond motifs is 1. The van der Waals surface area contributed by atoms with Gasteiger partial charge >= 0.3 is 5.97 Å². The van der Waals surface area contributed by atoms with Gasteiger partial charge in [0, 0.05) is 41.6 Å². The minimum atomic E-state index is -0.452. The van der Waals surface area contributed by atoms with Gasteiger partial charge in [0.15, 0.2) is 0 Å². The molecule has 0 aliphatic heterocycles. The lowest BCUT2D eigenvalue weighted by atomic mass is 10.1. The summed E-state index contributed by atoms with van der Waals surface area (Å²) in [5, 5.41) is 4.41. The maximum Gasteiger partial charge on any atom is 0.340 e. The zero-order chi connectivity index (χ0) is 22.0. The van der Waals surface area contributed by atoms with Crippen molar-refractivity contribution < 1.29 is 14.3 Å². The van der Waals surface area contributed by atoms with E-state index >= 15 is 0 Å². The fraction of sp³-hybridized carbons (Fsp3) is 0.174. The van der Waals surface area contributed by atoms with E-state index in [1.54, 1.807) is 29.1 Å². The molecular weight excluding hydrogens is 416 g/mol. The molecule has 2 aromatic heterocycles. The van der Waals surface area contributed by atoms with Crippen LogP contribution in [0.5, 0.6) is 0 Å². The van der Waals surface area contributed by atoms with Crippen molar-refractivity contribution in [3.05, 3.63) is 89.1 Å². The zero-order valence-corrected chi connectivity index (χ0v) is 17.8. The van der Waals surface area contributed by atoms with Crippen LogP contribution in [0.25, 0.3) is 10.9 Å². The number of ether oxygens (including phenoxy) is 1. The lowest BCUT2D eigenvalue weighted by molar-refractivity contribution is -0.122. The minimum absolute atomic E-state index is 0.0338. The first-order chi connectivity index (χ1) is 15.0. The molecular formula is C23H21ClN4O3. The van der Waals surface area contributed by atoms with E-state index < -0.39 is 12.0 Å². The van der Waals surface area contributed by atoms with Crippen LogP contribution in [0.2, 0.25) is 5.02 Å². The number of carbonyl (C=O) groups excluding carboxylic acids is 2. The first-order valence-electron chi connectivity index (χ1n) is 9.66. The van der Waals surface area contributed by atoms with E-state index in [0.717, 1.165) is 16.5 Å². The number of hydrogen-bond acceptors (Lipinski definition) is 4. The van der Waals surface area contributed by atoms with E-state index in [1.165, 1.54) is 7.11 Å². The zero-order valence-electron chi connectivity index (χ0n) is 17.1. The van der Waals surface area contributed by atoms with Crippen molar-refractivity contribution in [2.75, 3.05) is 7.11 Å². The van der Waals surface area contributed by atoms with Crippen molar-refractivity contribution in [1.29, 1.82) is 0 Å². The average Bonchev–Trinajstić information content (AvgIpc) is 3.36. The third-order valence-corrected chi connectivity index (χ3v) is 5.39. The predicted octanol–water partition coefficient (Wildman–Crippen LogP) is 3.72. The molecule has 0 bridgehead atoms. The normalized spacial score (nSPS) is 12.0. The van der Waals surface area contributed by atoms with E-state index in [-0.39, 0.29) is 12.5 Å². The maximum atomic E-state index is 13.1. The topological polar surface area (TPSA) is 78.2 Å². The number of amides is 1. The molecule has 1 amide bonds. The van der Waals surface area contributed by atoms with Crippen LogP contribution in [0.4, 0.5) is 0 Å². The second-order valence-electron chi connectivity index (χ2n) is 7.13. The Labute approximate surface area is 184 Å². The van der Waals surface area contributed by atoms with Gasteiger partial charge in [0.25, 0.3) is 0 Å². The molecule has 4 aromatic rings. The molecule has 2 heterocycles. The van der Waals surface area contributed by atoms with Crippen LogP contribution in [0, 0.1) is 0 Å². The third-order valence-electron chi connectivity index (χ3n) is 5.13. The first-order valence-corrected chi connectivity index (χ1v) is 10.0. The van der Waals surface area contributed by atoms with Gasteiger partial charge in [-0.2, -0.15) is 0 Å². The van der Waals surface area contributed by atoms with Gasteiger partial charge in [-0.05, 0) is 23.8 Å².